The van der Waals surface area contributed by atoms with Crippen LogP contribution in [-0.4, -0.2) is 33.1 Å². The van der Waals surface area contributed by atoms with Crippen molar-refractivity contribution in [2.45, 2.75) is 6.92 Å². The largest absolute Gasteiger partial charge is 0.475 e. The summed E-state index contributed by atoms with van der Waals surface area (Å²) >= 11 is 5.90. The third-order valence-electron chi connectivity index (χ3n) is 2.11. The van der Waals surface area contributed by atoms with Crippen LogP contribution in [0.5, 0.6) is 5.88 Å². The van der Waals surface area contributed by atoms with Crippen molar-refractivity contribution in [3.05, 3.63) is 29.2 Å². The number of halogens is 1. The van der Waals surface area contributed by atoms with E-state index in [-0.39, 0.29) is 5.95 Å². The third-order valence-corrected chi connectivity index (χ3v) is 2.40. The van der Waals surface area contributed by atoms with Gasteiger partial charge < -0.3 is 15.8 Å². The summed E-state index contributed by atoms with van der Waals surface area (Å²) in [6, 6.07) is 3.46. The topological polar surface area (TPSA) is 98.8 Å². The first-order valence-electron chi connectivity index (χ1n) is 5.60. The van der Waals surface area contributed by atoms with Crippen molar-refractivity contribution < 1.29 is 4.74 Å². The van der Waals surface area contributed by atoms with E-state index in [9.17, 15) is 0 Å². The number of hydrogen-bond acceptors (Lipinski definition) is 7. The van der Waals surface area contributed by atoms with E-state index >= 15 is 0 Å². The maximum Gasteiger partial charge on any atom is 0.232 e. The smallest absolute Gasteiger partial charge is 0.232 e. The zero-order valence-electron chi connectivity index (χ0n) is 10.3. The van der Waals surface area contributed by atoms with Crippen molar-refractivity contribution in [1.82, 2.24) is 19.9 Å². The van der Waals surface area contributed by atoms with Gasteiger partial charge in [-0.15, -0.1) is 0 Å². The third kappa shape index (κ3) is 3.92. The van der Waals surface area contributed by atoms with Crippen LogP contribution in [0.1, 0.15) is 5.82 Å². The van der Waals surface area contributed by atoms with Crippen molar-refractivity contribution in [3.63, 3.8) is 0 Å². The van der Waals surface area contributed by atoms with Crippen LogP contribution in [0.25, 0.3) is 0 Å². The van der Waals surface area contributed by atoms with Crippen molar-refractivity contribution in [1.29, 1.82) is 0 Å². The van der Waals surface area contributed by atoms with Crippen LogP contribution in [-0.2, 0) is 0 Å². The normalized spacial score (nSPS) is 10.2. The number of ether oxygens (including phenoxy) is 1. The van der Waals surface area contributed by atoms with Gasteiger partial charge in [0.05, 0.1) is 6.54 Å². The SMILES string of the molecule is Cc1nc(N)nc(NCCOc2ncccc2Cl)n1. The lowest BCUT2D eigenvalue weighted by Crippen LogP contribution is -2.15. The summed E-state index contributed by atoms with van der Waals surface area (Å²) in [6.45, 7) is 2.62. The first kappa shape index (κ1) is 13.3. The first-order valence-corrected chi connectivity index (χ1v) is 5.98. The van der Waals surface area contributed by atoms with Gasteiger partial charge in [0.15, 0.2) is 0 Å². The molecular formula is C11H13ClN6O. The van der Waals surface area contributed by atoms with Gasteiger partial charge in [0.25, 0.3) is 0 Å². The standard InChI is InChI=1S/C11H13ClN6O/c1-7-16-10(13)18-11(17-7)15-5-6-19-9-8(12)3-2-4-14-9/h2-4H,5-6H2,1H3,(H3,13,15,16,17,18). The van der Waals surface area contributed by atoms with Crippen molar-refractivity contribution in [2.75, 3.05) is 24.2 Å². The zero-order valence-corrected chi connectivity index (χ0v) is 11.1. The molecule has 8 heteroatoms. The summed E-state index contributed by atoms with van der Waals surface area (Å²) in [7, 11) is 0. The number of nitrogens with two attached hydrogens (primary N) is 1. The molecule has 0 aliphatic rings. The van der Waals surface area contributed by atoms with Gasteiger partial charge in [-0.2, -0.15) is 15.0 Å². The van der Waals surface area contributed by atoms with Gasteiger partial charge >= 0.3 is 0 Å². The summed E-state index contributed by atoms with van der Waals surface area (Å²) in [4.78, 5) is 15.9. The molecule has 3 N–H and O–H groups in total. The highest BCUT2D eigenvalue weighted by Gasteiger charge is 2.02. The van der Waals surface area contributed by atoms with Gasteiger partial charge in [0.1, 0.15) is 17.5 Å². The van der Waals surface area contributed by atoms with Crippen LogP contribution in [0.4, 0.5) is 11.9 Å². The Morgan fingerprint density at radius 2 is 2.21 bits per heavy atom. The molecule has 2 aromatic rings. The van der Waals surface area contributed by atoms with Gasteiger partial charge in [0.2, 0.25) is 17.8 Å². The first-order chi connectivity index (χ1) is 9.15. The number of anilines is 2. The molecule has 0 aliphatic heterocycles. The second-order valence-electron chi connectivity index (χ2n) is 3.63. The molecule has 0 saturated carbocycles. The summed E-state index contributed by atoms with van der Waals surface area (Å²) in [5.41, 5.74) is 5.51. The summed E-state index contributed by atoms with van der Waals surface area (Å²) in [5, 5.41) is 3.45. The number of nitrogen functional groups attached to an aromatic ring is 1. The monoisotopic (exact) mass is 280 g/mol. The van der Waals surface area contributed by atoms with Crippen LogP contribution in [0.2, 0.25) is 5.02 Å². The fourth-order valence-electron chi connectivity index (χ4n) is 1.37. The predicted molar refractivity (Wildman–Crippen MR) is 72.2 cm³/mol. The minimum absolute atomic E-state index is 0.184. The number of pyridine rings is 1. The Morgan fingerprint density at radius 1 is 1.37 bits per heavy atom. The molecule has 0 aromatic carbocycles. The van der Waals surface area contributed by atoms with E-state index in [0.29, 0.717) is 35.8 Å². The van der Waals surface area contributed by atoms with Crippen LogP contribution in [0.3, 0.4) is 0 Å². The van der Waals surface area contributed by atoms with Crippen LogP contribution < -0.4 is 15.8 Å². The van der Waals surface area contributed by atoms with Gasteiger partial charge in [0, 0.05) is 6.20 Å². The molecule has 0 atom stereocenters. The van der Waals surface area contributed by atoms with Gasteiger partial charge in [-0.1, -0.05) is 11.6 Å². The molecule has 0 bridgehead atoms. The zero-order chi connectivity index (χ0) is 13.7. The van der Waals surface area contributed by atoms with E-state index in [1.807, 2.05) is 0 Å². The number of rotatable bonds is 5. The summed E-state index contributed by atoms with van der Waals surface area (Å²) < 4.78 is 5.41. The number of nitrogens with one attached hydrogen (secondary N) is 1. The molecule has 0 spiro atoms. The molecule has 2 aromatic heterocycles. The maximum absolute atomic E-state index is 5.90. The molecule has 0 radical (unpaired) electrons. The molecule has 100 valence electrons. The second kappa shape index (κ2) is 6.14. The maximum atomic E-state index is 5.90. The van der Waals surface area contributed by atoms with Gasteiger partial charge in [-0.05, 0) is 19.1 Å². The average molecular weight is 281 g/mol. The average Bonchev–Trinajstić information content (AvgIpc) is 2.35. The minimum Gasteiger partial charge on any atom is -0.475 e. The Morgan fingerprint density at radius 3 is 2.95 bits per heavy atom. The number of aryl methyl sites for hydroxylation is 1. The van der Waals surface area contributed by atoms with Crippen LogP contribution in [0, 0.1) is 6.92 Å². The Kier molecular flexibility index (Phi) is 4.30. The molecule has 0 saturated heterocycles. The lowest BCUT2D eigenvalue weighted by atomic mass is 10.5. The number of aromatic nitrogens is 4. The Balaban J connectivity index is 1.82. The van der Waals surface area contributed by atoms with E-state index in [0.717, 1.165) is 0 Å². The lowest BCUT2D eigenvalue weighted by molar-refractivity contribution is 0.320. The Labute approximate surface area is 115 Å². The lowest BCUT2D eigenvalue weighted by Gasteiger charge is -2.08. The fourth-order valence-corrected chi connectivity index (χ4v) is 1.55. The Hall–Kier alpha value is -2.15. The van der Waals surface area contributed by atoms with E-state index < -0.39 is 0 Å². The predicted octanol–water partition coefficient (Wildman–Crippen LogP) is 1.30. The van der Waals surface area contributed by atoms with E-state index in [1.54, 1.807) is 25.3 Å². The highest BCUT2D eigenvalue weighted by Crippen LogP contribution is 2.19. The van der Waals surface area contributed by atoms with Crippen LogP contribution in [0.15, 0.2) is 18.3 Å². The molecule has 0 unspecified atom stereocenters. The number of nitrogens with zero attached hydrogens (tertiary/aromatic N) is 4. The van der Waals surface area contributed by atoms with Gasteiger partial charge in [-0.25, -0.2) is 4.98 Å². The van der Waals surface area contributed by atoms with Crippen molar-refractivity contribution >= 4 is 23.5 Å². The molecule has 0 fully saturated rings. The summed E-state index contributed by atoms with van der Waals surface area (Å²) in [5.74, 6) is 1.56. The number of hydrogen-bond donors (Lipinski definition) is 2. The molecule has 7 nitrogen and oxygen atoms in total. The molecule has 2 rings (SSSR count). The molecule has 19 heavy (non-hydrogen) atoms. The van der Waals surface area contributed by atoms with E-state index in [2.05, 4.69) is 25.3 Å². The Bertz CT molecular complexity index is 544. The van der Waals surface area contributed by atoms with E-state index in [4.69, 9.17) is 22.1 Å². The fraction of sp³-hybridized carbons (Fsp3) is 0.273. The molecule has 0 aliphatic carbocycles. The van der Waals surface area contributed by atoms with Crippen LogP contribution >= 0.6 is 11.6 Å². The quantitative estimate of drug-likeness (QED) is 0.796. The highest BCUT2D eigenvalue weighted by molar-refractivity contribution is 6.31. The minimum atomic E-state index is 0.184. The highest BCUT2D eigenvalue weighted by atomic mass is 35.5. The van der Waals surface area contributed by atoms with E-state index in [1.165, 1.54) is 0 Å². The molecule has 2 heterocycles. The van der Waals surface area contributed by atoms with Gasteiger partial charge in [-0.3, -0.25) is 0 Å². The van der Waals surface area contributed by atoms with Crippen molar-refractivity contribution in [2.24, 2.45) is 0 Å². The molecule has 0 amide bonds. The second-order valence-corrected chi connectivity index (χ2v) is 4.04. The van der Waals surface area contributed by atoms with Crippen molar-refractivity contribution in [3.8, 4) is 5.88 Å². The molecular weight excluding hydrogens is 268 g/mol. The summed E-state index contributed by atoms with van der Waals surface area (Å²) in [6.07, 6.45) is 1.62.